The predicted octanol–water partition coefficient (Wildman–Crippen LogP) is 2.08. The lowest BCUT2D eigenvalue weighted by Gasteiger charge is -2.17. The first-order valence-electron chi connectivity index (χ1n) is 7.92. The fourth-order valence-electron chi connectivity index (χ4n) is 2.93. The number of nitrogens with one attached hydrogen (secondary N) is 1. The number of carbonyl (C=O) groups is 2. The van der Waals surface area contributed by atoms with Crippen molar-refractivity contribution in [3.63, 3.8) is 0 Å². The van der Waals surface area contributed by atoms with Crippen molar-refractivity contribution in [2.45, 2.75) is 19.4 Å². The van der Waals surface area contributed by atoms with Crippen molar-refractivity contribution in [2.24, 2.45) is 0 Å². The van der Waals surface area contributed by atoms with Crippen molar-refractivity contribution in [1.82, 2.24) is 14.7 Å². The summed E-state index contributed by atoms with van der Waals surface area (Å²) in [5.74, 6) is -0.836. The van der Waals surface area contributed by atoms with Gasteiger partial charge in [0.05, 0.1) is 25.0 Å². The topological polar surface area (TPSA) is 76.5 Å². The number of aromatic nitrogens is 2. The molecule has 3 rings (SSSR count). The van der Waals surface area contributed by atoms with E-state index in [0.717, 1.165) is 6.42 Å². The number of amides is 2. The largest absolute Gasteiger partial charge is 0.494 e. The van der Waals surface area contributed by atoms with E-state index in [2.05, 4.69) is 10.4 Å². The van der Waals surface area contributed by atoms with Gasteiger partial charge in [-0.15, -0.1) is 0 Å². The summed E-state index contributed by atoms with van der Waals surface area (Å²) in [7, 11) is 1.38. The number of benzene rings is 1. The Morgan fingerprint density at radius 1 is 1.40 bits per heavy atom. The molecule has 25 heavy (non-hydrogen) atoms. The van der Waals surface area contributed by atoms with E-state index in [0.29, 0.717) is 24.3 Å². The molecule has 1 aromatic carbocycles. The van der Waals surface area contributed by atoms with Crippen LogP contribution >= 0.6 is 0 Å². The Hall–Kier alpha value is -2.90. The molecule has 0 radical (unpaired) electrons. The molecule has 1 aliphatic heterocycles. The zero-order valence-corrected chi connectivity index (χ0v) is 14.0. The summed E-state index contributed by atoms with van der Waals surface area (Å²) in [6.45, 7) is 2.47. The van der Waals surface area contributed by atoms with Crippen LogP contribution < -0.4 is 10.1 Å². The summed E-state index contributed by atoms with van der Waals surface area (Å²) in [6, 6.07) is 4.22. The van der Waals surface area contributed by atoms with Crippen molar-refractivity contribution in [3.05, 3.63) is 42.0 Å². The number of hydrogen-bond donors (Lipinski definition) is 1. The maximum atomic E-state index is 13.8. The Balaban J connectivity index is 1.67. The molecule has 1 atom stereocenters. The summed E-state index contributed by atoms with van der Waals surface area (Å²) in [4.78, 5) is 25.3. The van der Waals surface area contributed by atoms with Gasteiger partial charge in [-0.2, -0.15) is 5.10 Å². The lowest BCUT2D eigenvalue weighted by molar-refractivity contribution is -0.114. The molecule has 1 unspecified atom stereocenters. The number of carbonyl (C=O) groups excluding carboxylic acids is 2. The number of anilines is 1. The van der Waals surface area contributed by atoms with E-state index in [4.69, 9.17) is 4.74 Å². The first-order chi connectivity index (χ1) is 12.0. The van der Waals surface area contributed by atoms with Gasteiger partial charge in [-0.05, 0) is 24.6 Å². The Kier molecular flexibility index (Phi) is 4.69. The van der Waals surface area contributed by atoms with Gasteiger partial charge in [-0.1, -0.05) is 0 Å². The number of halogens is 1. The standard InChI is InChI=1S/C17H19FN4O3/c1-11(23)20-13-8-19-22(9-13)14-5-6-21(10-14)17(24)12-3-4-16(25-2)15(18)7-12/h3-4,7-9,14H,5-6,10H2,1-2H3,(H,20,23). The molecule has 8 heteroatoms. The molecule has 1 aliphatic rings. The number of ether oxygens (including phenoxy) is 1. The number of rotatable bonds is 4. The zero-order valence-electron chi connectivity index (χ0n) is 14.0. The lowest BCUT2D eigenvalue weighted by Crippen LogP contribution is -2.29. The zero-order chi connectivity index (χ0) is 18.0. The summed E-state index contributed by atoms with van der Waals surface area (Å²) in [6.07, 6.45) is 4.06. The SMILES string of the molecule is COc1ccc(C(=O)N2CCC(n3cc(NC(C)=O)cn3)C2)cc1F. The maximum Gasteiger partial charge on any atom is 0.254 e. The average molecular weight is 346 g/mol. The van der Waals surface area contributed by atoms with E-state index in [1.807, 2.05) is 0 Å². The fraction of sp³-hybridized carbons (Fsp3) is 0.353. The average Bonchev–Trinajstić information content (AvgIpc) is 3.22. The Morgan fingerprint density at radius 2 is 2.20 bits per heavy atom. The van der Waals surface area contributed by atoms with Gasteiger partial charge >= 0.3 is 0 Å². The summed E-state index contributed by atoms with van der Waals surface area (Å²) >= 11 is 0. The van der Waals surface area contributed by atoms with Gasteiger partial charge < -0.3 is 15.0 Å². The lowest BCUT2D eigenvalue weighted by atomic mass is 10.2. The highest BCUT2D eigenvalue weighted by Gasteiger charge is 2.29. The molecule has 1 fully saturated rings. The van der Waals surface area contributed by atoms with E-state index < -0.39 is 5.82 Å². The highest BCUT2D eigenvalue weighted by atomic mass is 19.1. The van der Waals surface area contributed by atoms with Crippen LogP contribution in [0.5, 0.6) is 5.75 Å². The first-order valence-corrected chi connectivity index (χ1v) is 7.92. The molecule has 1 aromatic heterocycles. The van der Waals surface area contributed by atoms with Crippen LogP contribution in [0, 0.1) is 5.82 Å². The minimum absolute atomic E-state index is 0.0227. The smallest absolute Gasteiger partial charge is 0.254 e. The molecule has 1 saturated heterocycles. The molecule has 1 N–H and O–H groups in total. The monoisotopic (exact) mass is 346 g/mol. The highest BCUT2D eigenvalue weighted by Crippen LogP contribution is 2.25. The van der Waals surface area contributed by atoms with E-state index in [-0.39, 0.29) is 23.6 Å². The van der Waals surface area contributed by atoms with Gasteiger partial charge in [0.2, 0.25) is 5.91 Å². The number of likely N-dealkylation sites (tertiary alicyclic amines) is 1. The number of hydrogen-bond acceptors (Lipinski definition) is 4. The fourth-order valence-corrected chi connectivity index (χ4v) is 2.93. The third-order valence-corrected chi connectivity index (χ3v) is 4.15. The third kappa shape index (κ3) is 3.62. The van der Waals surface area contributed by atoms with Crippen LogP contribution in [0.4, 0.5) is 10.1 Å². The summed E-state index contributed by atoms with van der Waals surface area (Å²) in [5.41, 5.74) is 0.910. The molecule has 2 heterocycles. The first kappa shape index (κ1) is 16.9. The minimum atomic E-state index is -0.559. The second kappa shape index (κ2) is 6.92. The van der Waals surface area contributed by atoms with Gasteiger partial charge in [-0.3, -0.25) is 14.3 Å². The van der Waals surface area contributed by atoms with Gasteiger partial charge in [0.1, 0.15) is 0 Å². The van der Waals surface area contributed by atoms with Crippen LogP contribution in [0.2, 0.25) is 0 Å². The molecular weight excluding hydrogens is 327 g/mol. The van der Waals surface area contributed by atoms with Crippen molar-refractivity contribution < 1.29 is 18.7 Å². The van der Waals surface area contributed by atoms with Crippen LogP contribution in [0.1, 0.15) is 29.7 Å². The van der Waals surface area contributed by atoms with Crippen LogP contribution in [0.3, 0.4) is 0 Å². The minimum Gasteiger partial charge on any atom is -0.494 e. The summed E-state index contributed by atoms with van der Waals surface area (Å²) < 4.78 is 20.4. The molecule has 2 amide bonds. The van der Waals surface area contributed by atoms with E-state index >= 15 is 0 Å². The van der Waals surface area contributed by atoms with Crippen molar-refractivity contribution in [2.75, 3.05) is 25.5 Å². The molecule has 0 aliphatic carbocycles. The Labute approximate surface area is 144 Å². The Morgan fingerprint density at radius 3 is 2.88 bits per heavy atom. The predicted molar refractivity (Wildman–Crippen MR) is 89.0 cm³/mol. The normalized spacial score (nSPS) is 16.8. The molecular formula is C17H19FN4O3. The van der Waals surface area contributed by atoms with Crippen molar-refractivity contribution in [3.8, 4) is 5.75 Å². The van der Waals surface area contributed by atoms with Gasteiger partial charge in [0, 0.05) is 31.8 Å². The van der Waals surface area contributed by atoms with Gasteiger partial charge in [0.25, 0.3) is 5.91 Å². The van der Waals surface area contributed by atoms with Crippen molar-refractivity contribution in [1.29, 1.82) is 0 Å². The van der Waals surface area contributed by atoms with Crippen molar-refractivity contribution >= 4 is 17.5 Å². The second-order valence-electron chi connectivity index (χ2n) is 5.93. The summed E-state index contributed by atoms with van der Waals surface area (Å²) in [5, 5.41) is 6.91. The van der Waals surface area contributed by atoms with Gasteiger partial charge in [0.15, 0.2) is 11.6 Å². The number of methoxy groups -OCH3 is 1. The Bertz CT molecular complexity index is 805. The molecule has 0 bridgehead atoms. The molecule has 0 spiro atoms. The molecule has 132 valence electrons. The molecule has 7 nitrogen and oxygen atoms in total. The van der Waals surface area contributed by atoms with E-state index in [1.165, 1.54) is 26.2 Å². The second-order valence-corrected chi connectivity index (χ2v) is 5.93. The third-order valence-electron chi connectivity index (χ3n) is 4.15. The molecule has 2 aromatic rings. The van der Waals surface area contributed by atoms with Crippen LogP contribution in [-0.4, -0.2) is 46.7 Å². The van der Waals surface area contributed by atoms with E-state index in [9.17, 15) is 14.0 Å². The maximum absolute atomic E-state index is 13.8. The number of nitrogens with zero attached hydrogens (tertiary/aromatic N) is 3. The molecule has 0 saturated carbocycles. The van der Waals surface area contributed by atoms with Crippen LogP contribution in [-0.2, 0) is 4.79 Å². The highest BCUT2D eigenvalue weighted by molar-refractivity contribution is 5.94. The van der Waals surface area contributed by atoms with E-state index in [1.54, 1.807) is 28.0 Å². The van der Waals surface area contributed by atoms with Crippen LogP contribution in [0.15, 0.2) is 30.6 Å². The quantitative estimate of drug-likeness (QED) is 0.920. The van der Waals surface area contributed by atoms with Crippen LogP contribution in [0.25, 0.3) is 0 Å². The van der Waals surface area contributed by atoms with Gasteiger partial charge in [-0.25, -0.2) is 4.39 Å².